The van der Waals surface area contributed by atoms with Crippen molar-refractivity contribution < 1.29 is 9.90 Å². The molecule has 2 nitrogen and oxygen atoms in total. The number of carboxylic acids is 1. The molecule has 0 unspecified atom stereocenters. The molecule has 3 heteroatoms. The van der Waals surface area contributed by atoms with E-state index in [0.717, 1.165) is 17.3 Å². The Bertz CT molecular complexity index is 227. The number of hydrogen-bond acceptors (Lipinski definition) is 1. The van der Waals surface area contributed by atoms with Gasteiger partial charge in [-0.15, -0.1) is 0 Å². The van der Waals surface area contributed by atoms with E-state index >= 15 is 0 Å². The molecule has 0 saturated heterocycles. The predicted octanol–water partition coefficient (Wildman–Crippen LogP) is 3.32. The molecule has 0 heterocycles. The zero-order valence-electron chi connectivity index (χ0n) is 7.85. The first-order valence-corrected chi connectivity index (χ1v) is 5.51. The molecule has 0 bridgehead atoms. The van der Waals surface area contributed by atoms with Gasteiger partial charge in [0.25, 0.3) is 0 Å². The minimum atomic E-state index is -0.808. The molecule has 1 aliphatic rings. The summed E-state index contributed by atoms with van der Waals surface area (Å²) < 4.78 is 0.903. The molecule has 1 N–H and O–H groups in total. The highest BCUT2D eigenvalue weighted by Gasteiger charge is 2.19. The Labute approximate surface area is 87.2 Å². The second-order valence-electron chi connectivity index (χ2n) is 3.61. The van der Waals surface area contributed by atoms with Gasteiger partial charge in [0, 0.05) is 10.1 Å². The Balaban J connectivity index is 2.68. The Hall–Kier alpha value is -0.310. The second-order valence-corrected chi connectivity index (χ2v) is 4.47. The zero-order chi connectivity index (χ0) is 9.84. The molecule has 13 heavy (non-hydrogen) atoms. The summed E-state index contributed by atoms with van der Waals surface area (Å²) >= 11 is 3.40. The van der Waals surface area contributed by atoms with Crippen LogP contribution in [-0.4, -0.2) is 11.1 Å². The standard InChI is InChI=1S/C10H15BrO2/c1-7(10(12)13)9(11)8-5-3-2-4-6-8/h8H,2-6H2,1H3,(H,12,13). The van der Waals surface area contributed by atoms with Gasteiger partial charge < -0.3 is 5.11 Å². The molecule has 0 atom stereocenters. The van der Waals surface area contributed by atoms with Crippen LogP contribution in [0.15, 0.2) is 10.1 Å². The largest absolute Gasteiger partial charge is 0.478 e. The summed E-state index contributed by atoms with van der Waals surface area (Å²) in [6, 6.07) is 0. The van der Waals surface area contributed by atoms with E-state index in [4.69, 9.17) is 5.11 Å². The number of halogens is 1. The molecule has 0 spiro atoms. The Morgan fingerprint density at radius 2 is 1.85 bits per heavy atom. The summed E-state index contributed by atoms with van der Waals surface area (Å²) in [5, 5.41) is 8.80. The zero-order valence-corrected chi connectivity index (χ0v) is 9.43. The van der Waals surface area contributed by atoms with Crippen LogP contribution in [-0.2, 0) is 4.79 Å². The van der Waals surface area contributed by atoms with Crippen LogP contribution in [0.4, 0.5) is 0 Å². The molecular weight excluding hydrogens is 232 g/mol. The SMILES string of the molecule is CC(C(=O)O)=C(Br)C1CCCCC1. The van der Waals surface area contributed by atoms with Crippen molar-refractivity contribution in [1.82, 2.24) is 0 Å². The molecular formula is C10H15BrO2. The topological polar surface area (TPSA) is 37.3 Å². The Morgan fingerprint density at radius 3 is 2.31 bits per heavy atom. The van der Waals surface area contributed by atoms with Gasteiger partial charge in [-0.05, 0) is 25.7 Å². The fraction of sp³-hybridized carbons (Fsp3) is 0.700. The predicted molar refractivity (Wildman–Crippen MR) is 55.8 cm³/mol. The van der Waals surface area contributed by atoms with E-state index in [9.17, 15) is 4.79 Å². The van der Waals surface area contributed by atoms with Crippen molar-refractivity contribution in [2.75, 3.05) is 0 Å². The van der Waals surface area contributed by atoms with Crippen molar-refractivity contribution in [2.24, 2.45) is 5.92 Å². The lowest BCUT2D eigenvalue weighted by Gasteiger charge is -2.21. The van der Waals surface area contributed by atoms with Crippen LogP contribution in [0.25, 0.3) is 0 Å². The van der Waals surface area contributed by atoms with E-state index in [1.54, 1.807) is 6.92 Å². The number of carboxylic acid groups (broad SMARTS) is 1. The van der Waals surface area contributed by atoms with Crippen molar-refractivity contribution in [2.45, 2.75) is 39.0 Å². The fourth-order valence-corrected chi connectivity index (χ4v) is 2.39. The van der Waals surface area contributed by atoms with Crippen LogP contribution in [0, 0.1) is 5.92 Å². The number of carbonyl (C=O) groups is 1. The summed E-state index contributed by atoms with van der Waals surface area (Å²) in [5.74, 6) is -0.359. The van der Waals surface area contributed by atoms with Crippen LogP contribution in [0.3, 0.4) is 0 Å². The lowest BCUT2D eigenvalue weighted by Crippen LogP contribution is -2.10. The van der Waals surface area contributed by atoms with Crippen molar-refractivity contribution >= 4 is 21.9 Å². The molecule has 0 aliphatic heterocycles. The maximum Gasteiger partial charge on any atom is 0.332 e. The van der Waals surface area contributed by atoms with Crippen LogP contribution < -0.4 is 0 Å². The third-order valence-electron chi connectivity index (χ3n) is 2.64. The Kier molecular flexibility index (Phi) is 3.97. The fourth-order valence-electron chi connectivity index (χ4n) is 1.76. The van der Waals surface area contributed by atoms with Crippen molar-refractivity contribution in [3.8, 4) is 0 Å². The molecule has 0 aromatic rings. The van der Waals surface area contributed by atoms with Gasteiger partial charge in [0.2, 0.25) is 0 Å². The maximum atomic E-state index is 10.7. The van der Waals surface area contributed by atoms with Crippen LogP contribution in [0.1, 0.15) is 39.0 Å². The van der Waals surface area contributed by atoms with E-state index in [1.807, 2.05) is 0 Å². The van der Waals surface area contributed by atoms with Gasteiger partial charge in [0.05, 0.1) is 0 Å². The van der Waals surface area contributed by atoms with Crippen LogP contribution >= 0.6 is 15.9 Å². The molecule has 74 valence electrons. The first-order valence-electron chi connectivity index (χ1n) is 4.72. The summed E-state index contributed by atoms with van der Waals surface area (Å²) in [4.78, 5) is 10.7. The van der Waals surface area contributed by atoms with Crippen molar-refractivity contribution in [3.05, 3.63) is 10.1 Å². The smallest absolute Gasteiger partial charge is 0.332 e. The lowest BCUT2D eigenvalue weighted by molar-refractivity contribution is -0.132. The second kappa shape index (κ2) is 4.80. The monoisotopic (exact) mass is 246 g/mol. The van der Waals surface area contributed by atoms with E-state index in [0.29, 0.717) is 11.5 Å². The molecule has 1 rings (SSSR count). The number of rotatable bonds is 2. The minimum absolute atomic E-state index is 0.449. The van der Waals surface area contributed by atoms with E-state index < -0.39 is 5.97 Å². The van der Waals surface area contributed by atoms with Gasteiger partial charge in [0.1, 0.15) is 0 Å². The number of aliphatic carboxylic acids is 1. The van der Waals surface area contributed by atoms with Gasteiger partial charge in [-0.2, -0.15) is 0 Å². The average Bonchev–Trinajstić information content (AvgIpc) is 2.17. The van der Waals surface area contributed by atoms with Crippen LogP contribution in [0.5, 0.6) is 0 Å². The van der Waals surface area contributed by atoms with Gasteiger partial charge in [0.15, 0.2) is 0 Å². The number of allylic oxidation sites excluding steroid dienone is 1. The summed E-state index contributed by atoms with van der Waals surface area (Å²) in [6.07, 6.45) is 6.01. The lowest BCUT2D eigenvalue weighted by atomic mass is 9.88. The molecule has 0 aromatic heterocycles. The summed E-state index contributed by atoms with van der Waals surface area (Å²) in [5.41, 5.74) is 0.465. The minimum Gasteiger partial charge on any atom is -0.478 e. The third kappa shape index (κ3) is 2.83. The van der Waals surface area contributed by atoms with Crippen molar-refractivity contribution in [3.63, 3.8) is 0 Å². The molecule has 1 fully saturated rings. The van der Waals surface area contributed by atoms with E-state index in [1.165, 1.54) is 19.3 Å². The van der Waals surface area contributed by atoms with Crippen LogP contribution in [0.2, 0.25) is 0 Å². The van der Waals surface area contributed by atoms with Gasteiger partial charge in [-0.25, -0.2) is 4.79 Å². The molecule has 0 aromatic carbocycles. The van der Waals surface area contributed by atoms with E-state index in [-0.39, 0.29) is 0 Å². The molecule has 0 radical (unpaired) electrons. The highest BCUT2D eigenvalue weighted by atomic mass is 79.9. The van der Waals surface area contributed by atoms with Crippen molar-refractivity contribution in [1.29, 1.82) is 0 Å². The maximum absolute atomic E-state index is 10.7. The van der Waals surface area contributed by atoms with E-state index in [2.05, 4.69) is 15.9 Å². The average molecular weight is 247 g/mol. The van der Waals surface area contributed by atoms with Gasteiger partial charge in [-0.3, -0.25) is 0 Å². The highest BCUT2D eigenvalue weighted by Crippen LogP contribution is 2.34. The quantitative estimate of drug-likeness (QED) is 0.760. The van der Waals surface area contributed by atoms with Gasteiger partial charge >= 0.3 is 5.97 Å². The summed E-state index contributed by atoms with van der Waals surface area (Å²) in [7, 11) is 0. The molecule has 1 saturated carbocycles. The number of hydrogen-bond donors (Lipinski definition) is 1. The summed E-state index contributed by atoms with van der Waals surface area (Å²) in [6.45, 7) is 1.67. The Morgan fingerprint density at radius 1 is 1.31 bits per heavy atom. The first kappa shape index (κ1) is 10.8. The first-order chi connectivity index (χ1) is 6.13. The molecule has 0 amide bonds. The highest BCUT2D eigenvalue weighted by molar-refractivity contribution is 9.11. The normalized spacial score (nSPS) is 21.1. The van der Waals surface area contributed by atoms with Gasteiger partial charge in [-0.1, -0.05) is 35.2 Å². The molecule has 1 aliphatic carbocycles. The third-order valence-corrected chi connectivity index (χ3v) is 3.88.